The molecule has 16 rings (SSSR count). The summed E-state index contributed by atoms with van der Waals surface area (Å²) in [5.41, 5.74) is 28.6. The molecule has 1 unspecified atom stereocenters. The van der Waals surface area contributed by atoms with Crippen molar-refractivity contribution in [3.05, 3.63) is 387 Å². The second kappa shape index (κ2) is 25.1. The number of rotatable bonds is 15. The molecule has 0 saturated heterocycles. The van der Waals surface area contributed by atoms with Crippen LogP contribution in [0.3, 0.4) is 0 Å². The van der Waals surface area contributed by atoms with Crippen LogP contribution in [0.15, 0.2) is 376 Å². The summed E-state index contributed by atoms with van der Waals surface area (Å²) < 4.78 is 0. The van der Waals surface area contributed by atoms with Crippen LogP contribution >= 0.6 is 0 Å². The molecule has 0 bridgehead atoms. The minimum Gasteiger partial charge on any atom is -0.331 e. The number of benzene rings is 14. The SMILES string of the molecule is C(=C/C(c1cccc(-c2ccccc2)c1)N1c2ccc(-c3ccccc3)cc2B2c3cc(-c4ccccc4)ccc3N(c3c(-c4ccccc4)cccc3-c3ccccc3)c3cc(N(c4ccccc4)c4ccccc4)cc1c32)/C=C/c1cccc(-c2ccccc2)c1. The molecule has 2 aliphatic heterocycles. The Bertz CT molecular complexity index is 4920. The van der Waals surface area contributed by atoms with E-state index in [-0.39, 0.29) is 12.8 Å². The van der Waals surface area contributed by atoms with E-state index in [1.54, 1.807) is 0 Å². The van der Waals surface area contributed by atoms with E-state index in [9.17, 15) is 0 Å². The molecule has 14 aromatic carbocycles. The van der Waals surface area contributed by atoms with Crippen LogP contribution in [0.1, 0.15) is 17.2 Å². The van der Waals surface area contributed by atoms with E-state index in [1.807, 2.05) is 0 Å². The van der Waals surface area contributed by atoms with E-state index in [4.69, 9.17) is 0 Å². The van der Waals surface area contributed by atoms with Crippen LogP contribution in [0.25, 0.3) is 72.8 Å². The van der Waals surface area contributed by atoms with Crippen molar-refractivity contribution in [1.29, 1.82) is 0 Å². The van der Waals surface area contributed by atoms with Crippen molar-refractivity contribution in [2.45, 2.75) is 6.04 Å². The van der Waals surface area contributed by atoms with Gasteiger partial charge in [0.05, 0.1) is 17.4 Å². The molecule has 0 saturated carbocycles. The first-order valence-electron chi connectivity index (χ1n) is 32.1. The van der Waals surface area contributed by atoms with Crippen LogP contribution in [0.5, 0.6) is 0 Å². The van der Waals surface area contributed by atoms with Crippen molar-refractivity contribution in [1.82, 2.24) is 0 Å². The monoisotopic (exact) mass is 1190 g/mol. The summed E-state index contributed by atoms with van der Waals surface area (Å²) in [6.07, 6.45) is 9.14. The van der Waals surface area contributed by atoms with E-state index in [2.05, 4.69) is 397 Å². The molecule has 0 N–H and O–H groups in total. The third-order valence-corrected chi connectivity index (χ3v) is 18.3. The predicted octanol–water partition coefficient (Wildman–Crippen LogP) is 21.9. The highest BCUT2D eigenvalue weighted by atomic mass is 15.2. The molecule has 1 atom stereocenters. The average Bonchev–Trinajstić information content (AvgIpc) is 0.699. The van der Waals surface area contributed by atoms with Crippen molar-refractivity contribution in [2.75, 3.05) is 14.7 Å². The number of hydrogen-bond acceptors (Lipinski definition) is 3. The smallest absolute Gasteiger partial charge is 0.252 e. The lowest BCUT2D eigenvalue weighted by atomic mass is 9.33. The molecule has 4 heteroatoms. The number of allylic oxidation sites excluding steroid dienone is 2. The first-order valence-corrected chi connectivity index (χ1v) is 32.1. The lowest BCUT2D eigenvalue weighted by molar-refractivity contribution is 0.854. The fourth-order valence-electron chi connectivity index (χ4n) is 14.1. The lowest BCUT2D eigenvalue weighted by Gasteiger charge is -2.47. The first-order chi connectivity index (χ1) is 46.2. The standard InChI is InChI=1S/C89H64BN3/c1-9-32-65(33-10-1)71-44-27-31-64(58-71)30-25-26-53-83(75-46-28-45-72(59-75)66-34-11-2-12-35-66)92-84-56-54-73(67-36-13-3-14-37-67)60-81(84)90-82-61-74(68-38-15-4-16-39-68)55-57-85(82)93(89-79(69-40-17-5-18-41-69)51-29-52-80(89)70-42-19-6-20-43-70)87-63-78(62-86(92)88(87)90)91(76-47-21-7-22-48-76)77-49-23-8-24-50-77/h1-63,83H/b30-25+,53-26-. The zero-order valence-corrected chi connectivity index (χ0v) is 51.4. The van der Waals surface area contributed by atoms with Crippen LogP contribution in [0, 0.1) is 0 Å². The van der Waals surface area contributed by atoms with E-state index >= 15 is 0 Å². The Morgan fingerprint density at radius 2 is 0.699 bits per heavy atom. The second-order valence-electron chi connectivity index (χ2n) is 23.9. The molecular formula is C89H64BN3. The Labute approximate surface area is 546 Å². The molecule has 0 fully saturated rings. The van der Waals surface area contributed by atoms with E-state index in [0.717, 1.165) is 95.6 Å². The molecule has 2 heterocycles. The van der Waals surface area contributed by atoms with Gasteiger partial charge in [-0.1, -0.05) is 322 Å². The van der Waals surface area contributed by atoms with Gasteiger partial charge in [0, 0.05) is 45.3 Å². The predicted molar refractivity (Wildman–Crippen MR) is 395 cm³/mol. The molecule has 93 heavy (non-hydrogen) atoms. The van der Waals surface area contributed by atoms with Gasteiger partial charge in [-0.15, -0.1) is 0 Å². The lowest BCUT2D eigenvalue weighted by Crippen LogP contribution is -2.62. The summed E-state index contributed by atoms with van der Waals surface area (Å²) in [6.45, 7) is -0.225. The molecule has 3 nitrogen and oxygen atoms in total. The number of nitrogens with zero attached hydrogens (tertiary/aromatic N) is 3. The van der Waals surface area contributed by atoms with E-state index < -0.39 is 0 Å². The van der Waals surface area contributed by atoms with Gasteiger partial charge in [0.25, 0.3) is 6.71 Å². The molecule has 2 aliphatic rings. The maximum atomic E-state index is 2.67. The van der Waals surface area contributed by atoms with Gasteiger partial charge >= 0.3 is 0 Å². The van der Waals surface area contributed by atoms with Gasteiger partial charge in [-0.2, -0.15) is 0 Å². The Morgan fingerprint density at radius 1 is 0.290 bits per heavy atom. The van der Waals surface area contributed by atoms with Gasteiger partial charge in [-0.25, -0.2) is 0 Å². The molecule has 0 amide bonds. The van der Waals surface area contributed by atoms with Gasteiger partial charge in [-0.3, -0.25) is 0 Å². The van der Waals surface area contributed by atoms with Crippen molar-refractivity contribution in [3.63, 3.8) is 0 Å². The Balaban J connectivity index is 1.03. The Hall–Kier alpha value is -12.0. The van der Waals surface area contributed by atoms with Crippen LogP contribution in [0.2, 0.25) is 0 Å². The normalized spacial score (nSPS) is 12.5. The zero-order chi connectivity index (χ0) is 61.9. The fourth-order valence-corrected chi connectivity index (χ4v) is 14.1. The third kappa shape index (κ3) is 10.9. The highest BCUT2D eigenvalue weighted by molar-refractivity contribution is 7.00. The Morgan fingerprint density at radius 3 is 1.22 bits per heavy atom. The van der Waals surface area contributed by atoms with Crippen LogP contribution in [-0.2, 0) is 0 Å². The van der Waals surface area contributed by atoms with Crippen LogP contribution < -0.4 is 31.1 Å². The maximum absolute atomic E-state index is 2.67. The summed E-state index contributed by atoms with van der Waals surface area (Å²) in [6, 6.07) is 131. The zero-order valence-electron chi connectivity index (χ0n) is 51.4. The van der Waals surface area contributed by atoms with Gasteiger partial charge in [0.1, 0.15) is 0 Å². The van der Waals surface area contributed by atoms with E-state index in [1.165, 1.54) is 44.2 Å². The fraction of sp³-hybridized carbons (Fsp3) is 0.0112. The van der Waals surface area contributed by atoms with Crippen molar-refractivity contribution >= 4 is 74.7 Å². The summed E-state index contributed by atoms with van der Waals surface area (Å²) in [4.78, 5) is 7.75. The molecular weight excluding hydrogens is 1120 g/mol. The van der Waals surface area contributed by atoms with Crippen LogP contribution in [-0.4, -0.2) is 6.71 Å². The molecule has 14 aromatic rings. The van der Waals surface area contributed by atoms with Crippen LogP contribution in [0.4, 0.5) is 45.5 Å². The molecule has 0 spiro atoms. The minimum absolute atomic E-state index is 0.225. The van der Waals surface area contributed by atoms with Crippen molar-refractivity contribution in [3.8, 4) is 66.8 Å². The number of para-hydroxylation sites is 3. The highest BCUT2D eigenvalue weighted by Crippen LogP contribution is 2.53. The van der Waals surface area contributed by atoms with E-state index in [0.29, 0.717) is 0 Å². The Kier molecular flexibility index (Phi) is 15.2. The maximum Gasteiger partial charge on any atom is 0.252 e. The topological polar surface area (TPSA) is 9.72 Å². The number of anilines is 8. The highest BCUT2D eigenvalue weighted by Gasteiger charge is 2.46. The van der Waals surface area contributed by atoms with Gasteiger partial charge < -0.3 is 14.7 Å². The van der Waals surface area contributed by atoms with Gasteiger partial charge in [-0.05, 0) is 144 Å². The van der Waals surface area contributed by atoms with Crippen molar-refractivity contribution in [2.24, 2.45) is 0 Å². The summed E-state index contributed by atoms with van der Waals surface area (Å²) in [5.74, 6) is 0. The first kappa shape index (κ1) is 56.3. The molecule has 438 valence electrons. The number of hydrogen-bond donors (Lipinski definition) is 0. The third-order valence-electron chi connectivity index (χ3n) is 18.3. The summed E-state index contributed by atoms with van der Waals surface area (Å²) in [5, 5.41) is 0. The average molecular weight is 1190 g/mol. The van der Waals surface area contributed by atoms with Crippen molar-refractivity contribution < 1.29 is 0 Å². The largest absolute Gasteiger partial charge is 0.331 e. The van der Waals surface area contributed by atoms with Gasteiger partial charge in [0.2, 0.25) is 0 Å². The molecule has 0 aromatic heterocycles. The molecule has 0 aliphatic carbocycles. The minimum atomic E-state index is -0.334. The van der Waals surface area contributed by atoms with Gasteiger partial charge in [0.15, 0.2) is 0 Å². The summed E-state index contributed by atoms with van der Waals surface area (Å²) >= 11 is 0. The number of fused-ring (bicyclic) bond motifs is 4. The second-order valence-corrected chi connectivity index (χ2v) is 23.9. The quantitative estimate of drug-likeness (QED) is 0.0748. The molecule has 0 radical (unpaired) electrons. The summed E-state index contributed by atoms with van der Waals surface area (Å²) in [7, 11) is 0.